The van der Waals surface area contributed by atoms with Gasteiger partial charge in [-0.25, -0.2) is 4.79 Å². The number of fused-ring (bicyclic) bond motifs is 3. The van der Waals surface area contributed by atoms with Crippen LogP contribution in [0.5, 0.6) is 0 Å². The molecule has 0 radical (unpaired) electrons. The molecule has 1 aromatic heterocycles. The zero-order valence-corrected chi connectivity index (χ0v) is 11.2. The summed E-state index contributed by atoms with van der Waals surface area (Å²) in [6.45, 7) is 5.78. The van der Waals surface area contributed by atoms with Gasteiger partial charge in [-0.15, -0.1) is 0 Å². The number of hydrogen-bond acceptors (Lipinski definition) is 3. The Hall–Kier alpha value is -2.10. The summed E-state index contributed by atoms with van der Waals surface area (Å²) in [5, 5.41) is 0.918. The van der Waals surface area contributed by atoms with Gasteiger partial charge in [-0.3, -0.25) is 9.36 Å². The van der Waals surface area contributed by atoms with Crippen molar-refractivity contribution in [3.8, 4) is 0 Å². The van der Waals surface area contributed by atoms with Crippen LogP contribution in [0, 0.1) is 5.41 Å². The van der Waals surface area contributed by atoms with E-state index in [1.165, 1.54) is 4.57 Å². The fraction of sp³-hybridized carbons (Fsp3) is 0.333. The van der Waals surface area contributed by atoms with E-state index in [-0.39, 0.29) is 12.5 Å². The van der Waals surface area contributed by atoms with E-state index >= 15 is 0 Å². The summed E-state index contributed by atoms with van der Waals surface area (Å²) in [5.74, 6) is -0.507. The van der Waals surface area contributed by atoms with Gasteiger partial charge in [0.2, 0.25) is 5.91 Å². The monoisotopic (exact) mass is 257 g/mol. The van der Waals surface area contributed by atoms with Gasteiger partial charge in [-0.2, -0.15) is 0 Å². The Morgan fingerprint density at radius 3 is 2.63 bits per heavy atom. The second kappa shape index (κ2) is 3.70. The Kier molecular flexibility index (Phi) is 2.33. The average Bonchev–Trinajstić information content (AvgIpc) is 2.86. The van der Waals surface area contributed by atoms with Crippen molar-refractivity contribution in [2.75, 3.05) is 0 Å². The largest absolute Gasteiger partial charge is 0.456 e. The molecule has 0 amide bonds. The van der Waals surface area contributed by atoms with Crippen molar-refractivity contribution < 1.29 is 14.3 Å². The summed E-state index contributed by atoms with van der Waals surface area (Å²) in [4.78, 5) is 24.5. The molecule has 98 valence electrons. The minimum Gasteiger partial charge on any atom is -0.456 e. The van der Waals surface area contributed by atoms with E-state index in [1.807, 2.05) is 45.0 Å². The first kappa shape index (κ1) is 12.0. The van der Waals surface area contributed by atoms with E-state index in [0.717, 1.165) is 16.5 Å². The Balaban J connectivity index is 2.38. The lowest BCUT2D eigenvalue weighted by molar-refractivity contribution is 0.0517. The topological polar surface area (TPSA) is 48.3 Å². The fourth-order valence-electron chi connectivity index (χ4n) is 2.42. The minimum atomic E-state index is -0.557. The molecule has 0 aliphatic carbocycles. The van der Waals surface area contributed by atoms with E-state index in [4.69, 9.17) is 4.74 Å². The van der Waals surface area contributed by atoms with Crippen molar-refractivity contribution in [1.29, 1.82) is 0 Å². The maximum absolute atomic E-state index is 12.6. The lowest BCUT2D eigenvalue weighted by Gasteiger charge is -2.19. The first-order valence-corrected chi connectivity index (χ1v) is 6.25. The maximum Gasteiger partial charge on any atom is 0.356 e. The highest BCUT2D eigenvalue weighted by atomic mass is 16.5. The Bertz CT molecular complexity index is 704. The molecule has 0 saturated carbocycles. The van der Waals surface area contributed by atoms with Crippen molar-refractivity contribution in [2.24, 2.45) is 5.41 Å². The van der Waals surface area contributed by atoms with Crippen LogP contribution in [0.3, 0.4) is 0 Å². The third kappa shape index (κ3) is 1.59. The average molecular weight is 257 g/mol. The SMILES string of the molecule is CC(C)(C)C(=O)n1c2c(c3ccccc31)COC2=O. The van der Waals surface area contributed by atoms with Gasteiger partial charge in [0.25, 0.3) is 0 Å². The zero-order chi connectivity index (χ0) is 13.8. The van der Waals surface area contributed by atoms with Crippen molar-refractivity contribution in [3.05, 3.63) is 35.5 Å². The second-order valence-corrected chi connectivity index (χ2v) is 5.81. The summed E-state index contributed by atoms with van der Waals surface area (Å²) in [5.41, 5.74) is 1.43. The number of nitrogens with zero attached hydrogens (tertiary/aromatic N) is 1. The number of para-hydroxylation sites is 1. The smallest absolute Gasteiger partial charge is 0.356 e. The molecule has 0 atom stereocenters. The van der Waals surface area contributed by atoms with Gasteiger partial charge in [0, 0.05) is 16.4 Å². The number of rotatable bonds is 0. The van der Waals surface area contributed by atoms with E-state index in [0.29, 0.717) is 5.69 Å². The highest BCUT2D eigenvalue weighted by Gasteiger charge is 2.35. The van der Waals surface area contributed by atoms with Crippen LogP contribution in [-0.2, 0) is 11.3 Å². The Morgan fingerprint density at radius 2 is 1.95 bits per heavy atom. The van der Waals surface area contributed by atoms with Crippen molar-refractivity contribution >= 4 is 22.8 Å². The Morgan fingerprint density at radius 1 is 1.26 bits per heavy atom. The minimum absolute atomic E-state index is 0.0937. The molecule has 0 N–H and O–H groups in total. The molecule has 0 bridgehead atoms. The zero-order valence-electron chi connectivity index (χ0n) is 11.2. The predicted molar refractivity (Wildman–Crippen MR) is 71.1 cm³/mol. The molecule has 1 aliphatic rings. The molecule has 2 heterocycles. The lowest BCUT2D eigenvalue weighted by Crippen LogP contribution is -2.28. The molecular weight excluding hydrogens is 242 g/mol. The normalized spacial score (nSPS) is 14.6. The van der Waals surface area contributed by atoms with Crippen molar-refractivity contribution in [1.82, 2.24) is 4.57 Å². The van der Waals surface area contributed by atoms with Crippen LogP contribution in [0.4, 0.5) is 0 Å². The van der Waals surface area contributed by atoms with Crippen LogP contribution in [0.1, 0.15) is 41.6 Å². The first-order chi connectivity index (χ1) is 8.91. The fourth-order valence-corrected chi connectivity index (χ4v) is 2.42. The van der Waals surface area contributed by atoms with Crippen LogP contribution in [0.15, 0.2) is 24.3 Å². The third-order valence-corrected chi connectivity index (χ3v) is 3.37. The highest BCUT2D eigenvalue weighted by Crippen LogP contribution is 2.33. The quantitative estimate of drug-likeness (QED) is 0.682. The highest BCUT2D eigenvalue weighted by molar-refractivity contribution is 6.08. The van der Waals surface area contributed by atoms with Crippen LogP contribution in [0.2, 0.25) is 0 Å². The lowest BCUT2D eigenvalue weighted by atomic mass is 9.95. The summed E-state index contributed by atoms with van der Waals surface area (Å²) in [6.07, 6.45) is 0. The molecule has 0 fully saturated rings. The number of hydrogen-bond donors (Lipinski definition) is 0. The molecule has 0 unspecified atom stereocenters. The van der Waals surface area contributed by atoms with E-state index in [9.17, 15) is 9.59 Å². The number of benzene rings is 1. The second-order valence-electron chi connectivity index (χ2n) is 5.81. The number of aromatic nitrogens is 1. The standard InChI is InChI=1S/C15H15NO3/c1-15(2,3)14(18)16-11-7-5-4-6-9(11)10-8-19-13(17)12(10)16/h4-7H,8H2,1-3H3. The van der Waals surface area contributed by atoms with Gasteiger partial charge in [0.15, 0.2) is 0 Å². The molecular formula is C15H15NO3. The van der Waals surface area contributed by atoms with Gasteiger partial charge < -0.3 is 4.74 Å². The first-order valence-electron chi connectivity index (χ1n) is 6.25. The van der Waals surface area contributed by atoms with Gasteiger partial charge in [0.05, 0.1) is 5.52 Å². The number of cyclic esters (lactones) is 1. The summed E-state index contributed by atoms with van der Waals surface area (Å²) >= 11 is 0. The van der Waals surface area contributed by atoms with Gasteiger partial charge >= 0.3 is 5.97 Å². The summed E-state index contributed by atoms with van der Waals surface area (Å²) < 4.78 is 6.58. The molecule has 2 aromatic rings. The molecule has 3 rings (SSSR count). The Labute approximate surface area is 111 Å². The predicted octanol–water partition coefficient (Wildman–Crippen LogP) is 3.00. The molecule has 0 saturated heterocycles. The van der Waals surface area contributed by atoms with Gasteiger partial charge in [-0.05, 0) is 6.07 Å². The summed E-state index contributed by atoms with van der Waals surface area (Å²) in [6, 6.07) is 7.56. The molecule has 1 aromatic carbocycles. The number of ether oxygens (including phenoxy) is 1. The number of esters is 1. The molecule has 0 spiro atoms. The van der Waals surface area contributed by atoms with E-state index in [1.54, 1.807) is 0 Å². The maximum atomic E-state index is 12.6. The third-order valence-electron chi connectivity index (χ3n) is 3.37. The van der Waals surface area contributed by atoms with Crippen molar-refractivity contribution in [2.45, 2.75) is 27.4 Å². The van der Waals surface area contributed by atoms with Crippen LogP contribution >= 0.6 is 0 Å². The van der Waals surface area contributed by atoms with Gasteiger partial charge in [-0.1, -0.05) is 39.0 Å². The van der Waals surface area contributed by atoms with E-state index in [2.05, 4.69) is 0 Å². The van der Waals surface area contributed by atoms with Gasteiger partial charge in [0.1, 0.15) is 12.3 Å². The van der Waals surface area contributed by atoms with Crippen molar-refractivity contribution in [3.63, 3.8) is 0 Å². The number of carbonyl (C=O) groups excluding carboxylic acids is 2. The van der Waals surface area contributed by atoms with Crippen LogP contribution < -0.4 is 0 Å². The molecule has 19 heavy (non-hydrogen) atoms. The molecule has 4 nitrogen and oxygen atoms in total. The summed E-state index contributed by atoms with van der Waals surface area (Å²) in [7, 11) is 0. The molecule has 1 aliphatic heterocycles. The van der Waals surface area contributed by atoms with E-state index < -0.39 is 11.4 Å². The van der Waals surface area contributed by atoms with Crippen LogP contribution in [0.25, 0.3) is 10.9 Å². The molecule has 4 heteroatoms. The van der Waals surface area contributed by atoms with Crippen LogP contribution in [-0.4, -0.2) is 16.4 Å². The number of carbonyl (C=O) groups is 2.